The molecule has 0 bridgehead atoms. The van der Waals surface area contributed by atoms with Gasteiger partial charge in [0.15, 0.2) is 0 Å². The van der Waals surface area contributed by atoms with E-state index in [0.717, 1.165) is 25.4 Å². The van der Waals surface area contributed by atoms with Gasteiger partial charge in [0, 0.05) is 12.5 Å². The highest BCUT2D eigenvalue weighted by Gasteiger charge is 2.32. The van der Waals surface area contributed by atoms with Crippen molar-refractivity contribution in [1.82, 2.24) is 10.6 Å². The summed E-state index contributed by atoms with van der Waals surface area (Å²) in [5.41, 5.74) is 0.245. The molecule has 118 valence electrons. The van der Waals surface area contributed by atoms with Gasteiger partial charge in [-0.3, -0.25) is 4.79 Å². The van der Waals surface area contributed by atoms with Crippen LogP contribution in [0.2, 0.25) is 0 Å². The predicted molar refractivity (Wildman–Crippen MR) is 85.7 cm³/mol. The molecule has 3 nitrogen and oxygen atoms in total. The van der Waals surface area contributed by atoms with E-state index in [4.69, 9.17) is 0 Å². The SMILES string of the molecule is CC(=O)NC(C)(C)CC(CC(C)(C)C)C1CCNCC1. The molecule has 1 amide bonds. The van der Waals surface area contributed by atoms with E-state index in [0.29, 0.717) is 11.3 Å². The van der Waals surface area contributed by atoms with Crippen LogP contribution in [-0.2, 0) is 4.79 Å². The van der Waals surface area contributed by atoms with Gasteiger partial charge in [0.05, 0.1) is 0 Å². The fourth-order valence-electron chi connectivity index (χ4n) is 3.69. The van der Waals surface area contributed by atoms with E-state index < -0.39 is 0 Å². The van der Waals surface area contributed by atoms with E-state index in [-0.39, 0.29) is 11.4 Å². The van der Waals surface area contributed by atoms with Gasteiger partial charge in [-0.1, -0.05) is 20.8 Å². The molecule has 2 N–H and O–H groups in total. The van der Waals surface area contributed by atoms with Crippen molar-refractivity contribution in [2.45, 2.75) is 72.8 Å². The summed E-state index contributed by atoms with van der Waals surface area (Å²) in [7, 11) is 0. The molecule has 1 saturated heterocycles. The largest absolute Gasteiger partial charge is 0.351 e. The van der Waals surface area contributed by atoms with Crippen molar-refractivity contribution in [3.05, 3.63) is 0 Å². The first-order chi connectivity index (χ1) is 9.09. The first kappa shape index (κ1) is 17.5. The normalized spacial score (nSPS) is 19.7. The molecule has 3 heteroatoms. The highest BCUT2D eigenvalue weighted by Crippen LogP contribution is 2.37. The molecular weight excluding hydrogens is 248 g/mol. The summed E-state index contributed by atoms with van der Waals surface area (Å²) in [6.07, 6.45) is 4.86. The van der Waals surface area contributed by atoms with Crippen molar-refractivity contribution < 1.29 is 4.79 Å². The molecule has 1 aliphatic rings. The standard InChI is InChI=1S/C17H34N2O/c1-13(20)19-17(5,6)12-15(11-16(2,3)4)14-7-9-18-10-8-14/h14-15,18H,7-12H2,1-6H3,(H,19,20). The maximum absolute atomic E-state index is 11.4. The Hall–Kier alpha value is -0.570. The number of rotatable bonds is 5. The maximum Gasteiger partial charge on any atom is 0.217 e. The molecule has 1 heterocycles. The molecule has 1 unspecified atom stereocenters. The molecule has 0 aromatic rings. The monoisotopic (exact) mass is 282 g/mol. The third-order valence-electron chi connectivity index (χ3n) is 4.21. The fraction of sp³-hybridized carbons (Fsp3) is 0.941. The molecule has 1 atom stereocenters. The molecule has 0 aliphatic carbocycles. The maximum atomic E-state index is 11.4. The smallest absolute Gasteiger partial charge is 0.217 e. The summed E-state index contributed by atoms with van der Waals surface area (Å²) >= 11 is 0. The lowest BCUT2D eigenvalue weighted by atomic mass is 9.71. The fourth-order valence-corrected chi connectivity index (χ4v) is 3.69. The molecule has 0 spiro atoms. The van der Waals surface area contributed by atoms with E-state index in [2.05, 4.69) is 45.3 Å². The van der Waals surface area contributed by atoms with Gasteiger partial charge in [0.25, 0.3) is 0 Å². The van der Waals surface area contributed by atoms with E-state index in [1.54, 1.807) is 6.92 Å². The molecule has 1 aliphatic heterocycles. The Kier molecular flexibility index (Phi) is 6.06. The minimum atomic E-state index is -0.105. The first-order valence-electron chi connectivity index (χ1n) is 8.08. The van der Waals surface area contributed by atoms with Crippen LogP contribution in [0.4, 0.5) is 0 Å². The summed E-state index contributed by atoms with van der Waals surface area (Å²) in [6, 6.07) is 0. The molecule has 1 fully saturated rings. The Morgan fingerprint density at radius 2 is 1.70 bits per heavy atom. The van der Waals surface area contributed by atoms with Crippen LogP contribution in [0.1, 0.15) is 67.2 Å². The van der Waals surface area contributed by atoms with Crippen LogP contribution in [0.3, 0.4) is 0 Å². The lowest BCUT2D eigenvalue weighted by molar-refractivity contribution is -0.120. The van der Waals surface area contributed by atoms with E-state index in [1.807, 2.05) is 0 Å². The van der Waals surface area contributed by atoms with Gasteiger partial charge in [-0.25, -0.2) is 0 Å². The highest BCUT2D eigenvalue weighted by molar-refractivity contribution is 5.73. The van der Waals surface area contributed by atoms with Crippen molar-refractivity contribution in [3.8, 4) is 0 Å². The van der Waals surface area contributed by atoms with Crippen LogP contribution in [0.25, 0.3) is 0 Å². The number of carbonyl (C=O) groups excluding carboxylic acids is 1. The molecule has 0 aromatic carbocycles. The molecule has 0 saturated carbocycles. The van der Waals surface area contributed by atoms with Crippen LogP contribution in [0, 0.1) is 17.3 Å². The highest BCUT2D eigenvalue weighted by atomic mass is 16.1. The summed E-state index contributed by atoms with van der Waals surface area (Å²) in [5, 5.41) is 6.58. The Balaban J connectivity index is 2.73. The third-order valence-corrected chi connectivity index (χ3v) is 4.21. The number of piperidine rings is 1. The number of carbonyl (C=O) groups is 1. The zero-order chi connectivity index (χ0) is 15.4. The van der Waals surface area contributed by atoms with Crippen molar-refractivity contribution in [1.29, 1.82) is 0 Å². The minimum Gasteiger partial charge on any atom is -0.351 e. The van der Waals surface area contributed by atoms with Crippen LogP contribution in [0.15, 0.2) is 0 Å². The van der Waals surface area contributed by atoms with Crippen molar-refractivity contribution in [2.75, 3.05) is 13.1 Å². The van der Waals surface area contributed by atoms with Gasteiger partial charge in [0.1, 0.15) is 0 Å². The first-order valence-corrected chi connectivity index (χ1v) is 8.08. The summed E-state index contributed by atoms with van der Waals surface area (Å²) < 4.78 is 0. The van der Waals surface area contributed by atoms with Crippen LogP contribution in [-0.4, -0.2) is 24.5 Å². The van der Waals surface area contributed by atoms with Gasteiger partial charge >= 0.3 is 0 Å². The Bertz CT molecular complexity index is 311. The molecule has 1 rings (SSSR count). The molecule has 20 heavy (non-hydrogen) atoms. The third kappa shape index (κ3) is 6.74. The van der Waals surface area contributed by atoms with Gasteiger partial charge in [-0.2, -0.15) is 0 Å². The van der Waals surface area contributed by atoms with Crippen molar-refractivity contribution in [2.24, 2.45) is 17.3 Å². The van der Waals surface area contributed by atoms with Gasteiger partial charge in [-0.15, -0.1) is 0 Å². The zero-order valence-electron chi connectivity index (χ0n) is 14.3. The molecular formula is C17H34N2O. The summed E-state index contributed by atoms with van der Waals surface area (Å²) in [6.45, 7) is 15.2. The van der Waals surface area contributed by atoms with Crippen LogP contribution >= 0.6 is 0 Å². The number of hydrogen-bond donors (Lipinski definition) is 2. The second-order valence-electron chi connectivity index (χ2n) is 8.38. The number of hydrogen-bond acceptors (Lipinski definition) is 2. The number of amides is 1. The summed E-state index contributed by atoms with van der Waals surface area (Å²) in [5.74, 6) is 1.57. The van der Waals surface area contributed by atoms with Gasteiger partial charge < -0.3 is 10.6 Å². The average Bonchev–Trinajstić information content (AvgIpc) is 2.25. The minimum absolute atomic E-state index is 0.0785. The lowest BCUT2D eigenvalue weighted by Crippen LogP contribution is -2.45. The molecule has 0 aromatic heterocycles. The Morgan fingerprint density at radius 1 is 1.15 bits per heavy atom. The topological polar surface area (TPSA) is 41.1 Å². The zero-order valence-corrected chi connectivity index (χ0v) is 14.3. The Labute approximate surface area is 125 Å². The van der Waals surface area contributed by atoms with E-state index >= 15 is 0 Å². The quantitative estimate of drug-likeness (QED) is 0.812. The van der Waals surface area contributed by atoms with Gasteiger partial charge in [-0.05, 0) is 69.9 Å². The van der Waals surface area contributed by atoms with Crippen molar-refractivity contribution >= 4 is 5.91 Å². The van der Waals surface area contributed by atoms with Gasteiger partial charge in [0.2, 0.25) is 5.91 Å². The van der Waals surface area contributed by atoms with E-state index in [9.17, 15) is 4.79 Å². The van der Waals surface area contributed by atoms with Crippen LogP contribution < -0.4 is 10.6 Å². The average molecular weight is 282 g/mol. The second-order valence-corrected chi connectivity index (χ2v) is 8.38. The van der Waals surface area contributed by atoms with Crippen LogP contribution in [0.5, 0.6) is 0 Å². The number of nitrogens with one attached hydrogen (secondary N) is 2. The predicted octanol–water partition coefficient (Wildman–Crippen LogP) is 3.34. The molecule has 0 radical (unpaired) electrons. The Morgan fingerprint density at radius 3 is 2.15 bits per heavy atom. The second kappa shape index (κ2) is 6.93. The summed E-state index contributed by atoms with van der Waals surface area (Å²) in [4.78, 5) is 11.4. The van der Waals surface area contributed by atoms with Crippen molar-refractivity contribution in [3.63, 3.8) is 0 Å². The lowest BCUT2D eigenvalue weighted by Gasteiger charge is -2.39. The van der Waals surface area contributed by atoms with E-state index in [1.165, 1.54) is 19.3 Å².